The first-order valence-corrected chi connectivity index (χ1v) is 12.0. The van der Waals surface area contributed by atoms with E-state index in [4.69, 9.17) is 4.74 Å². The van der Waals surface area contributed by atoms with E-state index >= 15 is 0 Å². The Morgan fingerprint density at radius 3 is 1.90 bits per heavy atom. The van der Waals surface area contributed by atoms with Gasteiger partial charge in [0.25, 0.3) is 0 Å². The van der Waals surface area contributed by atoms with Crippen LogP contribution in [0.15, 0.2) is 42.5 Å². The summed E-state index contributed by atoms with van der Waals surface area (Å²) in [4.78, 5) is 23.9. The Bertz CT molecular complexity index is 591. The van der Waals surface area contributed by atoms with Crippen molar-refractivity contribution >= 4 is 11.8 Å². The molecule has 0 N–H and O–H groups in total. The summed E-state index contributed by atoms with van der Waals surface area (Å²) in [5.74, 6) is -0.421. The zero-order chi connectivity index (χ0) is 21.9. The monoisotopic (exact) mass is 414 g/mol. The quantitative estimate of drug-likeness (QED) is 0.139. The molecule has 0 aliphatic rings. The van der Waals surface area contributed by atoms with Crippen molar-refractivity contribution in [3.63, 3.8) is 0 Å². The molecule has 0 aliphatic carbocycles. The molecule has 1 rings (SSSR count). The number of rotatable bonds is 18. The van der Waals surface area contributed by atoms with Gasteiger partial charge in [-0.25, -0.2) is 0 Å². The Kier molecular flexibility index (Phi) is 15.6. The van der Waals surface area contributed by atoms with E-state index in [-0.39, 0.29) is 11.8 Å². The van der Waals surface area contributed by atoms with Gasteiger partial charge in [-0.3, -0.25) is 9.59 Å². The summed E-state index contributed by atoms with van der Waals surface area (Å²) in [6, 6.07) is 9.22. The third-order valence-corrected chi connectivity index (χ3v) is 5.36. The number of hydrogen-bond acceptors (Lipinski definition) is 3. The summed E-state index contributed by atoms with van der Waals surface area (Å²) in [5, 5.41) is 0. The molecule has 0 aromatic heterocycles. The van der Waals surface area contributed by atoms with Crippen LogP contribution in [0.4, 0.5) is 0 Å². The van der Waals surface area contributed by atoms with E-state index in [0.717, 1.165) is 31.2 Å². The van der Waals surface area contributed by atoms with Gasteiger partial charge in [-0.15, -0.1) is 0 Å². The fourth-order valence-corrected chi connectivity index (χ4v) is 3.54. The van der Waals surface area contributed by atoms with E-state index < -0.39 is 6.10 Å². The molecule has 0 fully saturated rings. The average Bonchev–Trinajstić information content (AvgIpc) is 2.75. The zero-order valence-electron chi connectivity index (χ0n) is 19.2. The molecule has 30 heavy (non-hydrogen) atoms. The number of carbonyl (C=O) groups is 2. The molecule has 3 heteroatoms. The van der Waals surface area contributed by atoms with Crippen LogP contribution in [0.5, 0.6) is 0 Å². The number of carbonyl (C=O) groups excluding carboxylic acids is 2. The van der Waals surface area contributed by atoms with Crippen molar-refractivity contribution in [2.45, 2.75) is 110 Å². The van der Waals surface area contributed by atoms with Gasteiger partial charge in [-0.2, -0.15) is 0 Å². The SMILES string of the molecule is CCCCCCCC/C=C/CCCCCCCC(=O)O[C@H](C(C)=O)c1ccccc1. The molecule has 0 aliphatic heterocycles. The maximum absolute atomic E-state index is 12.1. The fraction of sp³-hybridized carbons (Fsp3) is 0.630. The van der Waals surface area contributed by atoms with Gasteiger partial charge in [0.15, 0.2) is 11.9 Å². The van der Waals surface area contributed by atoms with Gasteiger partial charge in [-0.1, -0.05) is 101 Å². The fourth-order valence-electron chi connectivity index (χ4n) is 3.54. The maximum atomic E-state index is 12.1. The van der Waals surface area contributed by atoms with Crippen molar-refractivity contribution in [2.24, 2.45) is 0 Å². The normalized spacial score (nSPS) is 12.2. The van der Waals surface area contributed by atoms with Gasteiger partial charge in [-0.05, 0) is 44.6 Å². The Labute approximate surface area is 184 Å². The average molecular weight is 415 g/mol. The molecule has 0 spiro atoms. The molecule has 0 saturated carbocycles. The van der Waals surface area contributed by atoms with Crippen LogP contribution in [0.1, 0.15) is 115 Å². The summed E-state index contributed by atoms with van der Waals surface area (Å²) in [6.07, 6.45) is 20.3. The van der Waals surface area contributed by atoms with Crippen molar-refractivity contribution in [2.75, 3.05) is 0 Å². The van der Waals surface area contributed by atoms with Crippen LogP contribution >= 0.6 is 0 Å². The topological polar surface area (TPSA) is 43.4 Å². The van der Waals surface area contributed by atoms with Crippen LogP contribution in [0, 0.1) is 0 Å². The lowest BCUT2D eigenvalue weighted by atomic mass is 10.1. The molecular formula is C27H42O3. The number of hydrogen-bond donors (Lipinski definition) is 0. The first-order valence-electron chi connectivity index (χ1n) is 12.0. The third-order valence-electron chi connectivity index (χ3n) is 5.36. The van der Waals surface area contributed by atoms with E-state index in [0.29, 0.717) is 6.42 Å². The Balaban J connectivity index is 2.00. The Morgan fingerprint density at radius 1 is 0.800 bits per heavy atom. The summed E-state index contributed by atoms with van der Waals surface area (Å²) < 4.78 is 5.42. The summed E-state index contributed by atoms with van der Waals surface area (Å²) in [6.45, 7) is 3.72. The van der Waals surface area contributed by atoms with Gasteiger partial charge in [0.05, 0.1) is 0 Å². The second kappa shape index (κ2) is 17.9. The van der Waals surface area contributed by atoms with Crippen molar-refractivity contribution in [1.82, 2.24) is 0 Å². The molecule has 0 radical (unpaired) electrons. The third kappa shape index (κ3) is 13.3. The second-order valence-corrected chi connectivity index (χ2v) is 8.23. The van der Waals surface area contributed by atoms with Crippen molar-refractivity contribution < 1.29 is 14.3 Å². The number of benzene rings is 1. The molecule has 0 heterocycles. The van der Waals surface area contributed by atoms with Crippen LogP contribution in [-0.4, -0.2) is 11.8 Å². The molecule has 3 nitrogen and oxygen atoms in total. The van der Waals surface area contributed by atoms with Crippen LogP contribution in [-0.2, 0) is 14.3 Å². The minimum atomic E-state index is -0.776. The van der Waals surface area contributed by atoms with Crippen molar-refractivity contribution in [3.8, 4) is 0 Å². The Morgan fingerprint density at radius 2 is 1.33 bits per heavy atom. The summed E-state index contributed by atoms with van der Waals surface area (Å²) in [5.41, 5.74) is 0.739. The van der Waals surface area contributed by atoms with Gasteiger partial charge >= 0.3 is 5.97 Å². The van der Waals surface area contributed by atoms with E-state index in [2.05, 4.69) is 19.1 Å². The standard InChI is InChI=1S/C27H42O3/c1-3-4-5-6-7-8-9-10-11-12-13-14-15-16-20-23-26(29)30-27(24(2)28)25-21-18-17-19-22-25/h10-11,17-19,21-22,27H,3-9,12-16,20,23H2,1-2H3/b11-10+/t27-/m1/s1. The van der Waals surface area contributed by atoms with Gasteiger partial charge in [0.2, 0.25) is 0 Å². The van der Waals surface area contributed by atoms with E-state index in [9.17, 15) is 9.59 Å². The van der Waals surface area contributed by atoms with Crippen LogP contribution in [0.2, 0.25) is 0 Å². The lowest BCUT2D eigenvalue weighted by Crippen LogP contribution is -2.17. The highest BCUT2D eigenvalue weighted by molar-refractivity contribution is 5.84. The molecule has 0 bridgehead atoms. The van der Waals surface area contributed by atoms with Crippen molar-refractivity contribution in [3.05, 3.63) is 48.0 Å². The largest absolute Gasteiger partial charge is 0.449 e. The number of ether oxygens (including phenoxy) is 1. The minimum absolute atomic E-state index is 0.140. The first-order chi connectivity index (χ1) is 14.6. The number of allylic oxidation sites excluding steroid dienone is 2. The number of Topliss-reactive ketones (excluding diaryl/α,β-unsaturated/α-hetero) is 1. The molecule has 1 atom stereocenters. The van der Waals surface area contributed by atoms with Crippen LogP contribution in [0.3, 0.4) is 0 Å². The number of esters is 1. The number of ketones is 1. The van der Waals surface area contributed by atoms with Crippen LogP contribution in [0.25, 0.3) is 0 Å². The molecular weight excluding hydrogens is 372 g/mol. The van der Waals surface area contributed by atoms with Crippen molar-refractivity contribution in [1.29, 1.82) is 0 Å². The highest BCUT2D eigenvalue weighted by Crippen LogP contribution is 2.19. The van der Waals surface area contributed by atoms with Gasteiger partial charge < -0.3 is 4.74 Å². The lowest BCUT2D eigenvalue weighted by Gasteiger charge is -2.15. The second-order valence-electron chi connectivity index (χ2n) is 8.23. The maximum Gasteiger partial charge on any atom is 0.306 e. The molecule has 1 aromatic carbocycles. The first kappa shape index (κ1) is 26.1. The van der Waals surface area contributed by atoms with E-state index in [1.165, 1.54) is 64.7 Å². The van der Waals surface area contributed by atoms with E-state index in [1.54, 1.807) is 0 Å². The van der Waals surface area contributed by atoms with Gasteiger partial charge in [0, 0.05) is 6.42 Å². The molecule has 168 valence electrons. The summed E-state index contributed by atoms with van der Waals surface area (Å²) >= 11 is 0. The molecule has 0 saturated heterocycles. The molecule has 1 aromatic rings. The van der Waals surface area contributed by atoms with Crippen LogP contribution < -0.4 is 0 Å². The highest BCUT2D eigenvalue weighted by atomic mass is 16.5. The highest BCUT2D eigenvalue weighted by Gasteiger charge is 2.20. The zero-order valence-corrected chi connectivity index (χ0v) is 19.2. The smallest absolute Gasteiger partial charge is 0.306 e. The Hall–Kier alpha value is -1.90. The molecule has 0 unspecified atom stereocenters. The number of unbranched alkanes of at least 4 members (excludes halogenated alkanes) is 11. The minimum Gasteiger partial charge on any atom is -0.449 e. The lowest BCUT2D eigenvalue weighted by molar-refractivity contribution is -0.155. The predicted molar refractivity (Wildman–Crippen MR) is 125 cm³/mol. The predicted octanol–water partition coefficient (Wildman–Crippen LogP) is 7.90. The van der Waals surface area contributed by atoms with Gasteiger partial charge in [0.1, 0.15) is 0 Å². The summed E-state index contributed by atoms with van der Waals surface area (Å²) in [7, 11) is 0. The van der Waals surface area contributed by atoms with E-state index in [1.807, 2.05) is 30.3 Å². The molecule has 0 amide bonds.